The van der Waals surface area contributed by atoms with Crippen LogP contribution < -0.4 is 0 Å². The second-order valence-corrected chi connectivity index (χ2v) is 7.23. The SMILES string of the molecule is Fc1cccc(CCN2CCCC2OC2CCCc3ccccc32)c1. The van der Waals surface area contributed by atoms with Crippen LogP contribution in [0.2, 0.25) is 0 Å². The summed E-state index contributed by atoms with van der Waals surface area (Å²) in [5.41, 5.74) is 3.89. The van der Waals surface area contributed by atoms with Crippen LogP contribution in [0.3, 0.4) is 0 Å². The molecule has 2 aromatic carbocycles. The largest absolute Gasteiger partial charge is 0.355 e. The molecule has 132 valence electrons. The molecule has 2 nitrogen and oxygen atoms in total. The lowest BCUT2D eigenvalue weighted by Crippen LogP contribution is -2.35. The minimum absolute atomic E-state index is 0.148. The van der Waals surface area contributed by atoms with Crippen LogP contribution in [0.1, 0.15) is 48.5 Å². The van der Waals surface area contributed by atoms with Crippen molar-refractivity contribution in [3.05, 3.63) is 71.0 Å². The van der Waals surface area contributed by atoms with Crippen molar-refractivity contribution in [2.45, 2.75) is 50.9 Å². The highest BCUT2D eigenvalue weighted by atomic mass is 19.1. The van der Waals surface area contributed by atoms with Gasteiger partial charge in [0.15, 0.2) is 0 Å². The van der Waals surface area contributed by atoms with Crippen LogP contribution >= 0.6 is 0 Å². The Kier molecular flexibility index (Phi) is 5.14. The van der Waals surface area contributed by atoms with Crippen LogP contribution in [0.5, 0.6) is 0 Å². The van der Waals surface area contributed by atoms with Crippen molar-refractivity contribution in [2.75, 3.05) is 13.1 Å². The fourth-order valence-corrected chi connectivity index (χ4v) is 4.21. The molecule has 1 aliphatic carbocycles. The topological polar surface area (TPSA) is 12.5 Å². The number of aryl methyl sites for hydroxylation is 1. The molecular formula is C22H26FNO. The van der Waals surface area contributed by atoms with E-state index in [4.69, 9.17) is 4.74 Å². The predicted octanol–water partition coefficient (Wildman–Crippen LogP) is 4.88. The molecule has 0 saturated carbocycles. The van der Waals surface area contributed by atoms with E-state index >= 15 is 0 Å². The number of hydrogen-bond donors (Lipinski definition) is 0. The molecule has 2 aromatic rings. The zero-order valence-electron chi connectivity index (χ0n) is 14.7. The Labute approximate surface area is 149 Å². The van der Waals surface area contributed by atoms with Gasteiger partial charge < -0.3 is 4.74 Å². The lowest BCUT2D eigenvalue weighted by atomic mass is 9.89. The third kappa shape index (κ3) is 3.94. The van der Waals surface area contributed by atoms with Crippen molar-refractivity contribution in [3.63, 3.8) is 0 Å². The first kappa shape index (κ1) is 16.7. The Morgan fingerprint density at radius 1 is 1.04 bits per heavy atom. The lowest BCUT2D eigenvalue weighted by molar-refractivity contribution is -0.0873. The monoisotopic (exact) mass is 339 g/mol. The van der Waals surface area contributed by atoms with Crippen molar-refractivity contribution < 1.29 is 9.13 Å². The zero-order valence-corrected chi connectivity index (χ0v) is 14.7. The van der Waals surface area contributed by atoms with Gasteiger partial charge in [-0.2, -0.15) is 0 Å². The van der Waals surface area contributed by atoms with Gasteiger partial charge in [0.25, 0.3) is 0 Å². The summed E-state index contributed by atoms with van der Waals surface area (Å²) < 4.78 is 19.9. The number of likely N-dealkylation sites (tertiary alicyclic amines) is 1. The quantitative estimate of drug-likeness (QED) is 0.769. The molecule has 0 spiro atoms. The Balaban J connectivity index is 1.39. The summed E-state index contributed by atoms with van der Waals surface area (Å²) in [6.07, 6.45) is 7.07. The zero-order chi connectivity index (χ0) is 17.1. The Morgan fingerprint density at radius 3 is 2.88 bits per heavy atom. The molecule has 2 aliphatic rings. The van der Waals surface area contributed by atoms with Crippen molar-refractivity contribution in [1.29, 1.82) is 0 Å². The summed E-state index contributed by atoms with van der Waals surface area (Å²) >= 11 is 0. The smallest absolute Gasteiger partial charge is 0.123 e. The number of rotatable bonds is 5. The van der Waals surface area contributed by atoms with E-state index in [0.29, 0.717) is 0 Å². The maximum atomic E-state index is 13.4. The Hall–Kier alpha value is -1.71. The van der Waals surface area contributed by atoms with Gasteiger partial charge in [-0.05, 0) is 67.3 Å². The second-order valence-electron chi connectivity index (χ2n) is 7.23. The molecule has 0 amide bonds. The second kappa shape index (κ2) is 7.67. The third-order valence-corrected chi connectivity index (χ3v) is 5.52. The average Bonchev–Trinajstić information content (AvgIpc) is 3.07. The van der Waals surface area contributed by atoms with Gasteiger partial charge in [0.05, 0.1) is 6.10 Å². The molecule has 25 heavy (non-hydrogen) atoms. The Bertz CT molecular complexity index is 717. The number of halogens is 1. The van der Waals surface area contributed by atoms with Crippen LogP contribution in [0.15, 0.2) is 48.5 Å². The molecule has 2 unspecified atom stereocenters. The first-order valence-electron chi connectivity index (χ1n) is 9.51. The van der Waals surface area contributed by atoms with E-state index in [2.05, 4.69) is 29.2 Å². The summed E-state index contributed by atoms with van der Waals surface area (Å²) in [5, 5.41) is 0. The molecule has 1 heterocycles. The van der Waals surface area contributed by atoms with Crippen LogP contribution in [0.4, 0.5) is 4.39 Å². The van der Waals surface area contributed by atoms with E-state index in [-0.39, 0.29) is 18.1 Å². The van der Waals surface area contributed by atoms with Gasteiger partial charge in [-0.25, -0.2) is 4.39 Å². The fourth-order valence-electron chi connectivity index (χ4n) is 4.21. The number of fused-ring (bicyclic) bond motifs is 1. The maximum Gasteiger partial charge on any atom is 0.123 e. The first-order chi connectivity index (χ1) is 12.3. The van der Waals surface area contributed by atoms with E-state index in [0.717, 1.165) is 37.9 Å². The molecule has 0 N–H and O–H groups in total. The molecule has 0 bridgehead atoms. The highest BCUT2D eigenvalue weighted by Crippen LogP contribution is 2.35. The summed E-state index contributed by atoms with van der Waals surface area (Å²) in [6.45, 7) is 2.01. The van der Waals surface area contributed by atoms with Crippen molar-refractivity contribution in [1.82, 2.24) is 4.90 Å². The number of benzene rings is 2. The van der Waals surface area contributed by atoms with Gasteiger partial charge >= 0.3 is 0 Å². The molecule has 1 saturated heterocycles. The van der Waals surface area contributed by atoms with E-state index in [1.165, 1.54) is 36.5 Å². The summed E-state index contributed by atoms with van der Waals surface area (Å²) in [6, 6.07) is 15.7. The maximum absolute atomic E-state index is 13.4. The number of ether oxygens (including phenoxy) is 1. The van der Waals surface area contributed by atoms with Crippen molar-refractivity contribution in [3.8, 4) is 0 Å². The summed E-state index contributed by atoms with van der Waals surface area (Å²) in [5.74, 6) is -0.148. The average molecular weight is 339 g/mol. The highest BCUT2D eigenvalue weighted by Gasteiger charge is 2.30. The molecule has 0 radical (unpaired) electrons. The van der Waals surface area contributed by atoms with Crippen LogP contribution in [-0.2, 0) is 17.6 Å². The van der Waals surface area contributed by atoms with E-state index in [1.54, 1.807) is 12.1 Å². The van der Waals surface area contributed by atoms with Gasteiger partial charge in [-0.15, -0.1) is 0 Å². The summed E-state index contributed by atoms with van der Waals surface area (Å²) in [7, 11) is 0. The van der Waals surface area contributed by atoms with Crippen LogP contribution in [0, 0.1) is 5.82 Å². The number of nitrogens with zero attached hydrogens (tertiary/aromatic N) is 1. The Morgan fingerprint density at radius 2 is 1.96 bits per heavy atom. The molecule has 1 aliphatic heterocycles. The molecular weight excluding hydrogens is 313 g/mol. The van der Waals surface area contributed by atoms with Gasteiger partial charge in [0, 0.05) is 13.1 Å². The minimum Gasteiger partial charge on any atom is -0.355 e. The van der Waals surface area contributed by atoms with Crippen molar-refractivity contribution >= 4 is 0 Å². The van der Waals surface area contributed by atoms with Crippen LogP contribution in [-0.4, -0.2) is 24.2 Å². The molecule has 2 atom stereocenters. The van der Waals surface area contributed by atoms with E-state index < -0.39 is 0 Å². The summed E-state index contributed by atoms with van der Waals surface area (Å²) in [4.78, 5) is 2.43. The van der Waals surface area contributed by atoms with Gasteiger partial charge in [-0.3, -0.25) is 4.90 Å². The third-order valence-electron chi connectivity index (χ3n) is 5.52. The molecule has 3 heteroatoms. The molecule has 0 aromatic heterocycles. The van der Waals surface area contributed by atoms with Crippen molar-refractivity contribution in [2.24, 2.45) is 0 Å². The normalized spacial score (nSPS) is 23.6. The highest BCUT2D eigenvalue weighted by molar-refractivity contribution is 5.31. The minimum atomic E-state index is -0.148. The fraction of sp³-hybridized carbons (Fsp3) is 0.455. The van der Waals surface area contributed by atoms with Gasteiger partial charge in [0.1, 0.15) is 12.0 Å². The lowest BCUT2D eigenvalue weighted by Gasteiger charge is -2.32. The van der Waals surface area contributed by atoms with Gasteiger partial charge in [-0.1, -0.05) is 36.4 Å². The molecule has 1 fully saturated rings. The molecule has 4 rings (SSSR count). The number of hydrogen-bond acceptors (Lipinski definition) is 2. The van der Waals surface area contributed by atoms with E-state index in [9.17, 15) is 4.39 Å². The standard InChI is InChI=1S/C22H26FNO/c23-19-9-3-6-17(16-19)13-15-24-14-5-12-22(24)25-21-11-4-8-18-7-1-2-10-20(18)21/h1-3,6-7,9-10,16,21-22H,4-5,8,11-15H2. The first-order valence-corrected chi connectivity index (χ1v) is 9.51. The predicted molar refractivity (Wildman–Crippen MR) is 97.9 cm³/mol. The van der Waals surface area contributed by atoms with Crippen LogP contribution in [0.25, 0.3) is 0 Å². The van der Waals surface area contributed by atoms with E-state index in [1.807, 2.05) is 6.07 Å². The van der Waals surface area contributed by atoms with Gasteiger partial charge in [0.2, 0.25) is 0 Å².